The second-order valence-corrected chi connectivity index (χ2v) is 7.91. The van der Waals surface area contributed by atoms with Crippen molar-refractivity contribution in [1.29, 1.82) is 0 Å². The number of rotatable bonds is 6. The summed E-state index contributed by atoms with van der Waals surface area (Å²) in [5.41, 5.74) is 0.0226. The van der Waals surface area contributed by atoms with Gasteiger partial charge >= 0.3 is 5.97 Å². The first-order valence-electron chi connectivity index (χ1n) is 8.45. The Morgan fingerprint density at radius 1 is 0.967 bits per heavy atom. The third kappa shape index (κ3) is 4.64. The maximum atomic E-state index is 12.9. The maximum Gasteiger partial charge on any atom is 0.338 e. The van der Waals surface area contributed by atoms with Crippen LogP contribution in [-0.4, -0.2) is 23.8 Å². The Morgan fingerprint density at radius 3 is 2.30 bits per heavy atom. The summed E-state index contributed by atoms with van der Waals surface area (Å²) in [7, 11) is 1.21. The van der Waals surface area contributed by atoms with Gasteiger partial charge in [0.05, 0.1) is 32.5 Å². The number of carbonyl (C=O) groups excluding carboxylic acids is 2. The molecule has 0 aliphatic rings. The molecule has 0 aliphatic carbocycles. The van der Waals surface area contributed by atoms with Gasteiger partial charge in [0, 0.05) is 22.1 Å². The number of nitro benzene ring substituents is 1. The van der Waals surface area contributed by atoms with E-state index in [1.807, 2.05) is 0 Å². The minimum atomic E-state index is -0.666. The Morgan fingerprint density at radius 2 is 1.67 bits per heavy atom. The Bertz CT molecular complexity index is 1170. The minimum Gasteiger partial charge on any atom is -0.465 e. The molecule has 0 saturated heterocycles. The van der Waals surface area contributed by atoms with Gasteiger partial charge in [0.1, 0.15) is 0 Å². The molecule has 0 heterocycles. The third-order valence-corrected chi connectivity index (χ3v) is 5.91. The molecular weight excluding hydrogens is 449 g/mol. The zero-order valence-corrected chi connectivity index (χ0v) is 17.8. The Kier molecular flexibility index (Phi) is 6.77. The molecular formula is C21H13Cl2NO5S. The van der Waals surface area contributed by atoms with Gasteiger partial charge in [-0.2, -0.15) is 0 Å². The number of methoxy groups -OCH3 is 1. The molecule has 3 aromatic rings. The van der Waals surface area contributed by atoms with Gasteiger partial charge in [-0.25, -0.2) is 4.79 Å². The van der Waals surface area contributed by atoms with Crippen LogP contribution in [0.4, 0.5) is 5.69 Å². The van der Waals surface area contributed by atoms with Gasteiger partial charge in [-0.1, -0.05) is 53.2 Å². The molecule has 0 fully saturated rings. The van der Waals surface area contributed by atoms with Crippen LogP contribution in [0.5, 0.6) is 0 Å². The van der Waals surface area contributed by atoms with E-state index in [1.165, 1.54) is 37.4 Å². The number of nitrogens with zero attached hydrogens (tertiary/aromatic N) is 1. The average Bonchev–Trinajstić information content (AvgIpc) is 2.75. The molecule has 0 atom stereocenters. The van der Waals surface area contributed by atoms with Gasteiger partial charge in [-0.3, -0.25) is 14.9 Å². The molecule has 9 heteroatoms. The van der Waals surface area contributed by atoms with Gasteiger partial charge in [0.25, 0.3) is 5.69 Å². The van der Waals surface area contributed by atoms with Crippen molar-refractivity contribution in [3.8, 4) is 0 Å². The lowest BCUT2D eigenvalue weighted by molar-refractivity contribution is -0.387. The van der Waals surface area contributed by atoms with Crippen molar-refractivity contribution in [2.75, 3.05) is 7.11 Å². The highest BCUT2D eigenvalue weighted by molar-refractivity contribution is 7.99. The van der Waals surface area contributed by atoms with Crippen molar-refractivity contribution >= 4 is 52.4 Å². The Labute approximate surface area is 185 Å². The second-order valence-electron chi connectivity index (χ2n) is 5.98. The van der Waals surface area contributed by atoms with Crippen LogP contribution in [0, 0.1) is 10.1 Å². The molecule has 3 aromatic carbocycles. The van der Waals surface area contributed by atoms with E-state index in [-0.39, 0.29) is 22.4 Å². The highest BCUT2D eigenvalue weighted by Gasteiger charge is 2.22. The number of hydrogen-bond donors (Lipinski definition) is 0. The Hall–Kier alpha value is -2.87. The third-order valence-electron chi connectivity index (χ3n) is 4.11. The molecule has 0 aromatic heterocycles. The lowest BCUT2D eigenvalue weighted by atomic mass is 9.98. The van der Waals surface area contributed by atoms with Crippen LogP contribution in [0.2, 0.25) is 10.0 Å². The quantitative estimate of drug-likeness (QED) is 0.191. The van der Waals surface area contributed by atoms with E-state index in [1.54, 1.807) is 30.3 Å². The largest absolute Gasteiger partial charge is 0.465 e. The van der Waals surface area contributed by atoms with Crippen LogP contribution in [0.1, 0.15) is 26.3 Å². The smallest absolute Gasteiger partial charge is 0.338 e. The second kappa shape index (κ2) is 9.30. The lowest BCUT2D eigenvalue weighted by Crippen LogP contribution is -2.11. The summed E-state index contributed by atoms with van der Waals surface area (Å²) in [5.74, 6) is -1.19. The maximum absolute atomic E-state index is 12.9. The summed E-state index contributed by atoms with van der Waals surface area (Å²) >= 11 is 13.0. The normalized spacial score (nSPS) is 10.5. The predicted molar refractivity (Wildman–Crippen MR) is 115 cm³/mol. The number of ketones is 1. The molecule has 30 heavy (non-hydrogen) atoms. The monoisotopic (exact) mass is 461 g/mol. The molecule has 0 bridgehead atoms. The van der Waals surface area contributed by atoms with Crippen molar-refractivity contribution in [2.24, 2.45) is 0 Å². The van der Waals surface area contributed by atoms with Gasteiger partial charge in [0.15, 0.2) is 5.78 Å². The zero-order chi connectivity index (χ0) is 21.8. The van der Waals surface area contributed by atoms with Crippen molar-refractivity contribution in [2.45, 2.75) is 9.79 Å². The molecule has 0 spiro atoms. The summed E-state index contributed by atoms with van der Waals surface area (Å²) in [5, 5.41) is 12.3. The van der Waals surface area contributed by atoms with E-state index in [0.717, 1.165) is 11.8 Å². The van der Waals surface area contributed by atoms with Crippen LogP contribution in [-0.2, 0) is 4.74 Å². The molecule has 6 nitrogen and oxygen atoms in total. The lowest BCUT2D eigenvalue weighted by Gasteiger charge is -2.09. The fourth-order valence-corrected chi connectivity index (χ4v) is 3.98. The van der Waals surface area contributed by atoms with E-state index < -0.39 is 16.7 Å². The molecule has 0 unspecified atom stereocenters. The van der Waals surface area contributed by atoms with Crippen LogP contribution >= 0.6 is 35.0 Å². The van der Waals surface area contributed by atoms with Crippen molar-refractivity contribution in [1.82, 2.24) is 0 Å². The van der Waals surface area contributed by atoms with E-state index >= 15 is 0 Å². The van der Waals surface area contributed by atoms with Crippen molar-refractivity contribution < 1.29 is 19.2 Å². The van der Waals surface area contributed by atoms with E-state index in [9.17, 15) is 19.7 Å². The first-order valence-corrected chi connectivity index (χ1v) is 10.0. The molecule has 0 N–H and O–H groups in total. The standard InChI is InChI=1S/C21H13Cl2NO5S/c1-29-21(26)15-5-3-2-4-14(15)20(25)12-6-9-19(18(10-12)24(27)28)30-13-7-8-16(22)17(23)11-13/h2-11H,1H3. The fourth-order valence-electron chi connectivity index (χ4n) is 2.68. The fraction of sp³-hybridized carbons (Fsp3) is 0.0476. The van der Waals surface area contributed by atoms with Gasteiger partial charge in [0.2, 0.25) is 0 Å². The summed E-state index contributed by atoms with van der Waals surface area (Å²) in [6, 6.07) is 15.2. The van der Waals surface area contributed by atoms with Crippen LogP contribution < -0.4 is 0 Å². The van der Waals surface area contributed by atoms with Crippen molar-refractivity contribution in [3.05, 3.63) is 97.5 Å². The molecule has 0 aliphatic heterocycles. The van der Waals surface area contributed by atoms with Crippen molar-refractivity contribution in [3.63, 3.8) is 0 Å². The Balaban J connectivity index is 1.99. The molecule has 3 rings (SSSR count). The highest BCUT2D eigenvalue weighted by Crippen LogP contribution is 2.38. The molecule has 0 saturated carbocycles. The number of hydrogen-bond acceptors (Lipinski definition) is 6. The summed E-state index contributed by atoms with van der Waals surface area (Å²) in [6.45, 7) is 0. The molecule has 0 radical (unpaired) electrons. The van der Waals surface area contributed by atoms with Gasteiger partial charge in [-0.05, 0) is 36.4 Å². The molecule has 152 valence electrons. The highest BCUT2D eigenvalue weighted by atomic mass is 35.5. The summed E-state index contributed by atoms with van der Waals surface area (Å²) < 4.78 is 4.71. The van der Waals surface area contributed by atoms with Gasteiger partial charge in [-0.15, -0.1) is 0 Å². The SMILES string of the molecule is COC(=O)c1ccccc1C(=O)c1ccc(Sc2ccc(Cl)c(Cl)c2)c([N+](=O)[O-])c1. The molecule has 0 amide bonds. The van der Waals surface area contributed by atoms with Crippen LogP contribution in [0.25, 0.3) is 0 Å². The van der Waals surface area contributed by atoms with Gasteiger partial charge < -0.3 is 4.74 Å². The number of benzene rings is 3. The number of carbonyl (C=O) groups is 2. The predicted octanol–water partition coefficient (Wildman–Crippen LogP) is 6.07. The number of esters is 1. The summed E-state index contributed by atoms with van der Waals surface area (Å²) in [4.78, 5) is 36.9. The number of nitro groups is 1. The van der Waals surface area contributed by atoms with E-state index in [4.69, 9.17) is 27.9 Å². The summed E-state index contributed by atoms with van der Waals surface area (Å²) in [6.07, 6.45) is 0. The zero-order valence-electron chi connectivity index (χ0n) is 15.4. The first kappa shape index (κ1) is 21.8. The average molecular weight is 462 g/mol. The van der Waals surface area contributed by atoms with Crippen LogP contribution in [0.3, 0.4) is 0 Å². The topological polar surface area (TPSA) is 86.5 Å². The first-order chi connectivity index (χ1) is 14.3. The van der Waals surface area contributed by atoms with Crippen LogP contribution in [0.15, 0.2) is 70.5 Å². The minimum absolute atomic E-state index is 0.0801. The van der Waals surface area contributed by atoms with E-state index in [0.29, 0.717) is 19.8 Å². The number of halogens is 2. The number of ether oxygens (including phenoxy) is 1. The van der Waals surface area contributed by atoms with E-state index in [2.05, 4.69) is 0 Å².